The first-order chi connectivity index (χ1) is 13.2. The van der Waals surface area contributed by atoms with E-state index in [1.54, 1.807) is 7.11 Å². The van der Waals surface area contributed by atoms with Crippen molar-refractivity contribution in [1.82, 2.24) is 4.90 Å². The van der Waals surface area contributed by atoms with Gasteiger partial charge in [-0.1, -0.05) is 30.2 Å². The summed E-state index contributed by atoms with van der Waals surface area (Å²) < 4.78 is 5.24. The van der Waals surface area contributed by atoms with Crippen LogP contribution in [0.15, 0.2) is 35.9 Å². The topological polar surface area (TPSA) is 49.8 Å². The molecule has 0 saturated heterocycles. The summed E-state index contributed by atoms with van der Waals surface area (Å²) in [5.74, 6) is 1.01. The van der Waals surface area contributed by atoms with Crippen LogP contribution in [0.4, 0.5) is 0 Å². The summed E-state index contributed by atoms with van der Waals surface area (Å²) in [4.78, 5) is 15.2. The Morgan fingerprint density at radius 3 is 2.67 bits per heavy atom. The van der Waals surface area contributed by atoms with Gasteiger partial charge in [0, 0.05) is 19.0 Å². The lowest BCUT2D eigenvalue weighted by Gasteiger charge is -2.31. The number of hydrogen-bond donors (Lipinski definition) is 1. The van der Waals surface area contributed by atoms with E-state index < -0.39 is 0 Å². The van der Waals surface area contributed by atoms with E-state index in [4.69, 9.17) is 4.74 Å². The van der Waals surface area contributed by atoms with Gasteiger partial charge in [0.05, 0.1) is 13.2 Å². The first kappa shape index (κ1) is 19.9. The standard InChI is InChI=1S/C23H33NO3/c1-27-22-12-10-19(11-13-22)17-24(15-14-18-6-3-2-4-7-18)23(26)20-8-5-9-21(25)16-20/h6,10-13,20-21,25H,2-5,7-9,14-17H2,1H3/t20-,21+/m0/s1. The van der Waals surface area contributed by atoms with E-state index >= 15 is 0 Å². The van der Waals surface area contributed by atoms with Gasteiger partial charge in [-0.15, -0.1) is 0 Å². The molecule has 0 radical (unpaired) electrons. The minimum Gasteiger partial charge on any atom is -0.497 e. The second-order valence-electron chi connectivity index (χ2n) is 7.98. The number of aliphatic hydroxyl groups excluding tert-OH is 1. The van der Waals surface area contributed by atoms with Gasteiger partial charge in [-0.2, -0.15) is 0 Å². The number of aliphatic hydroxyl groups is 1. The molecular weight excluding hydrogens is 338 g/mol. The van der Waals surface area contributed by atoms with Crippen LogP contribution in [0.1, 0.15) is 63.4 Å². The summed E-state index contributed by atoms with van der Waals surface area (Å²) in [5.41, 5.74) is 2.62. The first-order valence-corrected chi connectivity index (χ1v) is 10.4. The third kappa shape index (κ3) is 5.83. The molecule has 2 aliphatic carbocycles. The second-order valence-corrected chi connectivity index (χ2v) is 7.98. The smallest absolute Gasteiger partial charge is 0.226 e. The molecule has 3 rings (SSSR count). The fraction of sp³-hybridized carbons (Fsp3) is 0.609. The van der Waals surface area contributed by atoms with Crippen LogP contribution >= 0.6 is 0 Å². The average Bonchev–Trinajstić information content (AvgIpc) is 2.72. The molecule has 1 amide bonds. The number of ether oxygens (including phenoxy) is 1. The van der Waals surface area contributed by atoms with E-state index in [1.165, 1.54) is 31.3 Å². The van der Waals surface area contributed by atoms with Crippen LogP contribution in [0.25, 0.3) is 0 Å². The molecule has 1 fully saturated rings. The van der Waals surface area contributed by atoms with Crippen LogP contribution in [-0.4, -0.2) is 35.7 Å². The Kier molecular flexibility index (Phi) is 7.33. The summed E-state index contributed by atoms with van der Waals surface area (Å²) >= 11 is 0. The van der Waals surface area contributed by atoms with Gasteiger partial charge in [0.25, 0.3) is 0 Å². The van der Waals surface area contributed by atoms with Gasteiger partial charge in [-0.05, 0) is 69.1 Å². The molecule has 0 unspecified atom stereocenters. The Morgan fingerprint density at radius 1 is 1.19 bits per heavy atom. The lowest BCUT2D eigenvalue weighted by Crippen LogP contribution is -2.39. The number of nitrogens with zero attached hydrogens (tertiary/aromatic N) is 1. The third-order valence-electron chi connectivity index (χ3n) is 5.93. The Hall–Kier alpha value is -1.81. The molecule has 1 aromatic carbocycles. The Bertz CT molecular complexity index is 638. The highest BCUT2D eigenvalue weighted by Gasteiger charge is 2.29. The quantitative estimate of drug-likeness (QED) is 0.720. The molecule has 148 valence electrons. The van der Waals surface area contributed by atoms with Crippen molar-refractivity contribution in [2.45, 2.75) is 70.4 Å². The highest BCUT2D eigenvalue weighted by molar-refractivity contribution is 5.79. The van der Waals surface area contributed by atoms with Crippen LogP contribution in [-0.2, 0) is 11.3 Å². The maximum absolute atomic E-state index is 13.2. The molecule has 0 aromatic heterocycles. The summed E-state index contributed by atoms with van der Waals surface area (Å²) in [5, 5.41) is 10.00. The lowest BCUT2D eigenvalue weighted by molar-refractivity contribution is -0.138. The van der Waals surface area contributed by atoms with Crippen molar-refractivity contribution in [3.05, 3.63) is 41.5 Å². The van der Waals surface area contributed by atoms with Crippen LogP contribution in [0.2, 0.25) is 0 Å². The van der Waals surface area contributed by atoms with Crippen molar-refractivity contribution in [2.24, 2.45) is 5.92 Å². The van der Waals surface area contributed by atoms with E-state index in [0.717, 1.165) is 43.5 Å². The number of carbonyl (C=O) groups excluding carboxylic acids is 1. The molecule has 0 heterocycles. The number of allylic oxidation sites excluding steroid dienone is 1. The number of benzene rings is 1. The van der Waals surface area contributed by atoms with Crippen molar-refractivity contribution in [1.29, 1.82) is 0 Å². The van der Waals surface area contributed by atoms with Gasteiger partial charge in [-0.3, -0.25) is 4.79 Å². The fourth-order valence-electron chi connectivity index (χ4n) is 4.28. The second kappa shape index (κ2) is 9.93. The summed E-state index contributed by atoms with van der Waals surface area (Å²) in [7, 11) is 1.66. The van der Waals surface area contributed by atoms with Crippen molar-refractivity contribution < 1.29 is 14.6 Å². The molecule has 2 atom stereocenters. The SMILES string of the molecule is COc1ccc(CN(CCC2=CCCCC2)C(=O)[C@H]2CCC[C@@H](O)C2)cc1. The molecule has 1 aromatic rings. The minimum atomic E-state index is -0.323. The molecule has 4 heteroatoms. The summed E-state index contributed by atoms with van der Waals surface area (Å²) in [6.45, 7) is 1.39. The van der Waals surface area contributed by atoms with Gasteiger partial charge >= 0.3 is 0 Å². The highest BCUT2D eigenvalue weighted by atomic mass is 16.5. The van der Waals surface area contributed by atoms with Gasteiger partial charge in [0.1, 0.15) is 5.75 Å². The zero-order chi connectivity index (χ0) is 19.1. The molecule has 0 aliphatic heterocycles. The van der Waals surface area contributed by atoms with Crippen molar-refractivity contribution in [3.63, 3.8) is 0 Å². The highest BCUT2D eigenvalue weighted by Crippen LogP contribution is 2.28. The number of carbonyl (C=O) groups is 1. The van der Waals surface area contributed by atoms with Crippen molar-refractivity contribution in [2.75, 3.05) is 13.7 Å². The van der Waals surface area contributed by atoms with Crippen LogP contribution in [0, 0.1) is 5.92 Å². The lowest BCUT2D eigenvalue weighted by atomic mass is 9.86. The number of rotatable bonds is 7. The number of amides is 1. The molecule has 4 nitrogen and oxygen atoms in total. The Labute approximate surface area is 163 Å². The van der Waals surface area contributed by atoms with Crippen molar-refractivity contribution >= 4 is 5.91 Å². The van der Waals surface area contributed by atoms with Crippen molar-refractivity contribution in [3.8, 4) is 5.75 Å². The fourth-order valence-corrected chi connectivity index (χ4v) is 4.28. The largest absolute Gasteiger partial charge is 0.497 e. The zero-order valence-electron chi connectivity index (χ0n) is 16.5. The van der Waals surface area contributed by atoms with Gasteiger partial charge in [0.15, 0.2) is 0 Å². The van der Waals surface area contributed by atoms with Gasteiger partial charge in [-0.25, -0.2) is 0 Å². The summed E-state index contributed by atoms with van der Waals surface area (Å²) in [6, 6.07) is 7.97. The Balaban J connectivity index is 1.68. The Morgan fingerprint density at radius 2 is 2.00 bits per heavy atom. The van der Waals surface area contributed by atoms with E-state index in [-0.39, 0.29) is 17.9 Å². The van der Waals surface area contributed by atoms with Gasteiger partial charge < -0.3 is 14.7 Å². The van der Waals surface area contributed by atoms with Crippen LogP contribution in [0.5, 0.6) is 5.75 Å². The van der Waals surface area contributed by atoms with E-state index in [0.29, 0.717) is 13.0 Å². The average molecular weight is 372 g/mol. The van der Waals surface area contributed by atoms with Crippen LogP contribution in [0.3, 0.4) is 0 Å². The predicted octanol–water partition coefficient (Wildman–Crippen LogP) is 4.47. The number of hydrogen-bond acceptors (Lipinski definition) is 3. The molecule has 1 N–H and O–H groups in total. The minimum absolute atomic E-state index is 0.0349. The van der Waals surface area contributed by atoms with E-state index in [9.17, 15) is 9.90 Å². The molecule has 1 saturated carbocycles. The van der Waals surface area contributed by atoms with Crippen LogP contribution < -0.4 is 4.74 Å². The predicted molar refractivity (Wildman–Crippen MR) is 108 cm³/mol. The first-order valence-electron chi connectivity index (χ1n) is 10.4. The maximum Gasteiger partial charge on any atom is 0.226 e. The molecule has 0 bridgehead atoms. The monoisotopic (exact) mass is 371 g/mol. The zero-order valence-corrected chi connectivity index (χ0v) is 16.5. The molecule has 0 spiro atoms. The molecule has 27 heavy (non-hydrogen) atoms. The maximum atomic E-state index is 13.2. The normalized spacial score (nSPS) is 22.8. The summed E-state index contributed by atoms with van der Waals surface area (Å²) in [6.07, 6.45) is 11.2. The van der Waals surface area contributed by atoms with Gasteiger partial charge in [0.2, 0.25) is 5.91 Å². The molecule has 2 aliphatic rings. The van der Waals surface area contributed by atoms with E-state index in [2.05, 4.69) is 6.08 Å². The molecular formula is C23H33NO3. The third-order valence-corrected chi connectivity index (χ3v) is 5.93. The van der Waals surface area contributed by atoms with E-state index in [1.807, 2.05) is 29.2 Å². The number of methoxy groups -OCH3 is 1.